The van der Waals surface area contributed by atoms with Crippen LogP contribution >= 0.6 is 0 Å². The van der Waals surface area contributed by atoms with E-state index in [1.807, 2.05) is 0 Å². The van der Waals surface area contributed by atoms with Crippen molar-refractivity contribution in [3.63, 3.8) is 0 Å². The number of nitrogen functional groups attached to an aromatic ring is 1. The maximum absolute atomic E-state index is 13.8. The quantitative estimate of drug-likeness (QED) is 0.596. The lowest BCUT2D eigenvalue weighted by Crippen LogP contribution is -2.42. The molecule has 0 aliphatic carbocycles. The highest BCUT2D eigenvalue weighted by Gasteiger charge is 2.59. The van der Waals surface area contributed by atoms with Crippen molar-refractivity contribution in [2.45, 2.75) is 18.0 Å². The van der Waals surface area contributed by atoms with Gasteiger partial charge in [-0.25, -0.2) is 0 Å². The normalized spacial score (nSPS) is 20.6. The number of anilines is 1. The first-order valence-corrected chi connectivity index (χ1v) is 7.30. The Labute approximate surface area is 144 Å². The van der Waals surface area contributed by atoms with E-state index in [2.05, 4.69) is 5.48 Å². The number of alkyl halides is 6. The van der Waals surface area contributed by atoms with Crippen molar-refractivity contribution in [2.75, 3.05) is 5.73 Å². The average molecular weight is 374 g/mol. The number of halogens is 6. The van der Waals surface area contributed by atoms with Gasteiger partial charge in [-0.05, 0) is 35.9 Å². The topological polar surface area (TPSA) is 47.3 Å². The van der Waals surface area contributed by atoms with Gasteiger partial charge in [-0.2, -0.15) is 26.3 Å². The summed E-state index contributed by atoms with van der Waals surface area (Å²) in [4.78, 5) is 4.79. The molecule has 1 atom stereocenters. The molecule has 2 aromatic carbocycles. The van der Waals surface area contributed by atoms with E-state index in [9.17, 15) is 26.3 Å². The minimum absolute atomic E-state index is 0.0280. The van der Waals surface area contributed by atoms with E-state index in [-0.39, 0.29) is 5.70 Å². The Balaban J connectivity index is 2.12. The zero-order chi connectivity index (χ0) is 19.2. The van der Waals surface area contributed by atoms with E-state index in [1.165, 1.54) is 24.3 Å². The predicted molar refractivity (Wildman–Crippen MR) is 82.2 cm³/mol. The molecule has 138 valence electrons. The summed E-state index contributed by atoms with van der Waals surface area (Å²) in [5.41, 5.74) is 3.50. The van der Waals surface area contributed by atoms with Crippen molar-refractivity contribution in [1.29, 1.82) is 0 Å². The minimum atomic E-state index is -5.00. The van der Waals surface area contributed by atoms with Crippen LogP contribution in [0.2, 0.25) is 0 Å². The summed E-state index contributed by atoms with van der Waals surface area (Å²) in [5, 5.41) is 0. The molecule has 0 spiro atoms. The fourth-order valence-corrected chi connectivity index (χ4v) is 2.57. The summed E-state index contributed by atoms with van der Waals surface area (Å²) >= 11 is 0. The molecule has 1 heterocycles. The maximum Gasteiger partial charge on any atom is 0.428 e. The number of nitrogens with one attached hydrogen (secondary N) is 1. The molecule has 0 amide bonds. The number of hydrogen-bond acceptors (Lipinski definition) is 3. The molecule has 0 saturated carbocycles. The zero-order valence-electron chi connectivity index (χ0n) is 12.9. The Morgan fingerprint density at radius 1 is 0.923 bits per heavy atom. The number of hydrogen-bond donors (Lipinski definition) is 2. The van der Waals surface area contributed by atoms with Crippen LogP contribution in [-0.2, 0) is 16.6 Å². The van der Waals surface area contributed by atoms with Gasteiger partial charge in [-0.1, -0.05) is 24.3 Å². The van der Waals surface area contributed by atoms with Crippen molar-refractivity contribution in [3.8, 4) is 0 Å². The van der Waals surface area contributed by atoms with Crippen molar-refractivity contribution in [3.05, 3.63) is 71.3 Å². The van der Waals surface area contributed by atoms with Gasteiger partial charge in [0.1, 0.15) is 0 Å². The highest BCUT2D eigenvalue weighted by atomic mass is 19.4. The molecular weight excluding hydrogens is 362 g/mol. The number of benzene rings is 2. The summed E-state index contributed by atoms with van der Waals surface area (Å²) in [6.45, 7) is 0. The van der Waals surface area contributed by atoms with Gasteiger partial charge in [0.15, 0.2) is 0 Å². The van der Waals surface area contributed by atoms with Crippen LogP contribution < -0.4 is 11.2 Å². The SMILES string of the molecule is Nc1ccc(C2=CC(c3cccc(C(F)(F)F)c3)(C(F)(F)F)ON2)cc1. The first-order valence-electron chi connectivity index (χ1n) is 7.30. The van der Waals surface area contributed by atoms with Gasteiger partial charge in [0.25, 0.3) is 0 Å². The van der Waals surface area contributed by atoms with Crippen molar-refractivity contribution < 1.29 is 31.2 Å². The molecule has 3 rings (SSSR count). The number of rotatable bonds is 2. The average Bonchev–Trinajstić information content (AvgIpc) is 3.01. The number of hydroxylamine groups is 1. The molecule has 1 aliphatic heterocycles. The summed E-state index contributed by atoms with van der Waals surface area (Å²) in [5.74, 6) is 0. The molecule has 3 N–H and O–H groups in total. The molecule has 0 saturated heterocycles. The zero-order valence-corrected chi connectivity index (χ0v) is 12.9. The van der Waals surface area contributed by atoms with Crippen molar-refractivity contribution in [2.24, 2.45) is 0 Å². The molecule has 0 aromatic heterocycles. The second-order valence-corrected chi connectivity index (χ2v) is 5.70. The van der Waals surface area contributed by atoms with E-state index in [4.69, 9.17) is 10.6 Å². The van der Waals surface area contributed by atoms with Gasteiger partial charge in [-0.15, -0.1) is 0 Å². The third kappa shape index (κ3) is 3.10. The molecule has 3 nitrogen and oxygen atoms in total. The van der Waals surface area contributed by atoms with E-state index < -0.39 is 29.1 Å². The van der Waals surface area contributed by atoms with Gasteiger partial charge in [0, 0.05) is 11.3 Å². The molecule has 0 bridgehead atoms. The molecule has 2 aromatic rings. The third-order valence-electron chi connectivity index (χ3n) is 3.93. The minimum Gasteiger partial charge on any atom is -0.399 e. The second kappa shape index (κ2) is 5.94. The van der Waals surface area contributed by atoms with Gasteiger partial charge < -0.3 is 5.73 Å². The smallest absolute Gasteiger partial charge is 0.399 e. The lowest BCUT2D eigenvalue weighted by atomic mass is 9.90. The standard InChI is InChI=1S/C17H12F6N2O/c18-16(19,20)12-3-1-2-11(8-12)15(17(21,22)23)9-14(25-26-15)10-4-6-13(24)7-5-10/h1-9,25H,24H2. The van der Waals surface area contributed by atoms with Crippen LogP contribution in [0.1, 0.15) is 16.7 Å². The van der Waals surface area contributed by atoms with E-state index in [1.54, 1.807) is 0 Å². The predicted octanol–water partition coefficient (Wildman–Crippen LogP) is 4.62. The maximum atomic E-state index is 13.8. The second-order valence-electron chi connectivity index (χ2n) is 5.70. The lowest BCUT2D eigenvalue weighted by molar-refractivity contribution is -0.269. The highest BCUT2D eigenvalue weighted by molar-refractivity contribution is 5.68. The molecule has 26 heavy (non-hydrogen) atoms. The van der Waals surface area contributed by atoms with Crippen LogP contribution in [-0.4, -0.2) is 6.18 Å². The van der Waals surface area contributed by atoms with Crippen LogP contribution in [0.15, 0.2) is 54.6 Å². The van der Waals surface area contributed by atoms with Crippen molar-refractivity contribution >= 4 is 11.4 Å². The molecule has 0 radical (unpaired) electrons. The van der Waals surface area contributed by atoms with Crippen LogP contribution in [0, 0.1) is 0 Å². The summed E-state index contributed by atoms with van der Waals surface area (Å²) < 4.78 is 80.0. The van der Waals surface area contributed by atoms with E-state index >= 15 is 0 Å². The van der Waals surface area contributed by atoms with E-state index in [0.717, 1.165) is 12.1 Å². The van der Waals surface area contributed by atoms with Crippen LogP contribution in [0.3, 0.4) is 0 Å². The summed E-state index contributed by atoms with van der Waals surface area (Å²) in [6.07, 6.45) is -9.06. The Bertz CT molecular complexity index is 842. The Kier molecular flexibility index (Phi) is 4.14. The molecular formula is C17H12F6N2O. The van der Waals surface area contributed by atoms with Crippen LogP contribution in [0.4, 0.5) is 32.0 Å². The fourth-order valence-electron chi connectivity index (χ4n) is 2.57. The monoisotopic (exact) mass is 374 g/mol. The van der Waals surface area contributed by atoms with Gasteiger partial charge in [0.2, 0.25) is 5.60 Å². The lowest BCUT2D eigenvalue weighted by Gasteiger charge is -2.29. The van der Waals surface area contributed by atoms with Crippen molar-refractivity contribution in [1.82, 2.24) is 5.48 Å². The van der Waals surface area contributed by atoms with Gasteiger partial charge >= 0.3 is 12.4 Å². The number of nitrogens with two attached hydrogens (primary N) is 1. The fraction of sp³-hybridized carbons (Fsp3) is 0.176. The molecule has 0 fully saturated rings. The Hall–Kier alpha value is -2.68. The van der Waals surface area contributed by atoms with E-state index in [0.29, 0.717) is 29.5 Å². The van der Waals surface area contributed by atoms with Gasteiger partial charge in [-0.3, -0.25) is 10.3 Å². The first kappa shape index (κ1) is 18.1. The molecule has 9 heteroatoms. The van der Waals surface area contributed by atoms with Crippen LogP contribution in [0.5, 0.6) is 0 Å². The third-order valence-corrected chi connectivity index (χ3v) is 3.93. The largest absolute Gasteiger partial charge is 0.428 e. The first-order chi connectivity index (χ1) is 12.0. The summed E-state index contributed by atoms with van der Waals surface area (Å²) in [7, 11) is 0. The molecule has 1 aliphatic rings. The Morgan fingerprint density at radius 3 is 2.15 bits per heavy atom. The van der Waals surface area contributed by atoms with Crippen LogP contribution in [0.25, 0.3) is 5.70 Å². The summed E-state index contributed by atoms with van der Waals surface area (Å²) in [6, 6.07) is 8.87. The Morgan fingerprint density at radius 2 is 1.58 bits per heavy atom. The highest BCUT2D eigenvalue weighted by Crippen LogP contribution is 2.48. The van der Waals surface area contributed by atoms with Gasteiger partial charge in [0.05, 0.1) is 11.3 Å². The molecule has 1 unspecified atom stereocenters.